The maximum absolute atomic E-state index is 13.6. The normalized spacial score (nSPS) is 10.6. The first-order valence-corrected chi connectivity index (χ1v) is 7.68. The highest BCUT2D eigenvalue weighted by Gasteiger charge is 2.18. The first kappa shape index (κ1) is 16.1. The molecule has 0 saturated heterocycles. The second-order valence-corrected chi connectivity index (χ2v) is 6.01. The molecule has 2 aromatic carbocycles. The van der Waals surface area contributed by atoms with Crippen molar-refractivity contribution in [1.29, 1.82) is 0 Å². The van der Waals surface area contributed by atoms with Crippen molar-refractivity contribution in [3.8, 4) is 5.75 Å². The van der Waals surface area contributed by atoms with E-state index in [4.69, 9.17) is 4.74 Å². The van der Waals surface area contributed by atoms with E-state index >= 15 is 0 Å². The molecule has 0 aliphatic rings. The van der Waals surface area contributed by atoms with E-state index in [0.717, 1.165) is 28.3 Å². The lowest BCUT2D eigenvalue weighted by atomic mass is 10.2. The van der Waals surface area contributed by atoms with Crippen molar-refractivity contribution in [3.05, 3.63) is 64.5 Å². The lowest BCUT2D eigenvalue weighted by Gasteiger charge is -2.03. The van der Waals surface area contributed by atoms with Gasteiger partial charge in [0.2, 0.25) is 0 Å². The van der Waals surface area contributed by atoms with Gasteiger partial charge in [0.1, 0.15) is 17.4 Å². The fourth-order valence-corrected chi connectivity index (χ4v) is 3.10. The van der Waals surface area contributed by atoms with Gasteiger partial charge < -0.3 is 4.74 Å². The summed E-state index contributed by atoms with van der Waals surface area (Å²) in [7, 11) is 1.54. The van der Waals surface area contributed by atoms with Crippen molar-refractivity contribution in [1.82, 2.24) is 5.32 Å². The topological polar surface area (TPSA) is 55.4 Å². The monoisotopic (exact) mass is 347 g/mol. The zero-order chi connectivity index (χ0) is 17.3. The van der Waals surface area contributed by atoms with E-state index in [9.17, 15) is 18.4 Å². The molecule has 0 fully saturated rings. The number of thiophene rings is 1. The second-order valence-electron chi connectivity index (χ2n) is 4.92. The maximum Gasteiger partial charge on any atom is 0.268 e. The minimum absolute atomic E-state index is 0.281. The summed E-state index contributed by atoms with van der Waals surface area (Å²) in [4.78, 5) is 24.4. The standard InChI is InChI=1S/C17H11F2NO3S/c1-23-11-3-5-14-9(6-11)7-15(24-14)17(22)20-16(21)12-8-10(18)2-4-13(12)19/h2-8H,1H3,(H,20,21,22). The Morgan fingerprint density at radius 1 is 1.04 bits per heavy atom. The van der Waals surface area contributed by atoms with Gasteiger partial charge in [0.15, 0.2) is 0 Å². The number of carbonyl (C=O) groups is 2. The second kappa shape index (κ2) is 6.37. The predicted octanol–water partition coefficient (Wildman–Crippen LogP) is 3.76. The summed E-state index contributed by atoms with van der Waals surface area (Å²) < 4.78 is 32.7. The number of nitrogens with one attached hydrogen (secondary N) is 1. The Hall–Kier alpha value is -2.80. The molecule has 3 rings (SSSR count). The van der Waals surface area contributed by atoms with Crippen LogP contribution in [0.2, 0.25) is 0 Å². The van der Waals surface area contributed by atoms with Crippen molar-refractivity contribution in [2.24, 2.45) is 0 Å². The van der Waals surface area contributed by atoms with Crippen LogP contribution in [-0.2, 0) is 0 Å². The van der Waals surface area contributed by atoms with Gasteiger partial charge >= 0.3 is 0 Å². The SMILES string of the molecule is COc1ccc2sc(C(=O)NC(=O)c3cc(F)ccc3F)cc2c1. The van der Waals surface area contributed by atoms with Gasteiger partial charge in [-0.3, -0.25) is 14.9 Å². The number of benzene rings is 2. The first-order chi connectivity index (χ1) is 11.5. The summed E-state index contributed by atoms with van der Waals surface area (Å²) in [6, 6.07) is 9.39. The predicted molar refractivity (Wildman–Crippen MR) is 86.5 cm³/mol. The molecule has 0 aliphatic carbocycles. The molecule has 0 atom stereocenters. The lowest BCUT2D eigenvalue weighted by Crippen LogP contribution is -2.30. The van der Waals surface area contributed by atoms with Crippen molar-refractivity contribution in [3.63, 3.8) is 0 Å². The molecular formula is C17H11F2NO3S. The van der Waals surface area contributed by atoms with Gasteiger partial charge in [-0.2, -0.15) is 0 Å². The summed E-state index contributed by atoms with van der Waals surface area (Å²) in [5.74, 6) is -2.69. The van der Waals surface area contributed by atoms with E-state index < -0.39 is 29.0 Å². The van der Waals surface area contributed by atoms with Crippen molar-refractivity contribution in [2.75, 3.05) is 7.11 Å². The van der Waals surface area contributed by atoms with Crippen LogP contribution in [0.1, 0.15) is 20.0 Å². The zero-order valence-corrected chi connectivity index (χ0v) is 13.2. The fraction of sp³-hybridized carbons (Fsp3) is 0.0588. The number of ether oxygens (including phenoxy) is 1. The first-order valence-electron chi connectivity index (χ1n) is 6.86. The Kier molecular flexibility index (Phi) is 4.26. The van der Waals surface area contributed by atoms with Crippen LogP contribution in [0.3, 0.4) is 0 Å². The van der Waals surface area contributed by atoms with Gasteiger partial charge in [-0.05, 0) is 47.9 Å². The summed E-state index contributed by atoms with van der Waals surface area (Å²) in [6.45, 7) is 0. The quantitative estimate of drug-likeness (QED) is 0.734. The van der Waals surface area contributed by atoms with Gasteiger partial charge in [0.05, 0.1) is 17.6 Å². The van der Waals surface area contributed by atoms with Crippen LogP contribution in [0.15, 0.2) is 42.5 Å². The van der Waals surface area contributed by atoms with Gasteiger partial charge in [0.25, 0.3) is 11.8 Å². The molecule has 0 bridgehead atoms. The Morgan fingerprint density at radius 2 is 1.83 bits per heavy atom. The lowest BCUT2D eigenvalue weighted by molar-refractivity contribution is 0.0849. The highest BCUT2D eigenvalue weighted by molar-refractivity contribution is 7.20. The number of hydrogen-bond donors (Lipinski definition) is 1. The highest BCUT2D eigenvalue weighted by atomic mass is 32.1. The van der Waals surface area contributed by atoms with Crippen molar-refractivity contribution in [2.45, 2.75) is 0 Å². The van der Waals surface area contributed by atoms with E-state index in [2.05, 4.69) is 5.32 Å². The van der Waals surface area contributed by atoms with Crippen LogP contribution in [0.25, 0.3) is 10.1 Å². The van der Waals surface area contributed by atoms with Crippen LogP contribution in [-0.4, -0.2) is 18.9 Å². The molecule has 3 aromatic rings. The number of imide groups is 1. The van der Waals surface area contributed by atoms with Crippen LogP contribution in [0, 0.1) is 11.6 Å². The Bertz CT molecular complexity index is 952. The van der Waals surface area contributed by atoms with Crippen LogP contribution >= 0.6 is 11.3 Å². The third kappa shape index (κ3) is 3.11. The molecule has 1 aromatic heterocycles. The molecule has 4 nitrogen and oxygen atoms in total. The number of methoxy groups -OCH3 is 1. The van der Waals surface area contributed by atoms with Gasteiger partial charge in [-0.15, -0.1) is 11.3 Å². The molecule has 7 heteroatoms. The average molecular weight is 347 g/mol. The molecule has 0 spiro atoms. The zero-order valence-electron chi connectivity index (χ0n) is 12.4. The molecule has 0 saturated carbocycles. The van der Waals surface area contributed by atoms with E-state index in [-0.39, 0.29) is 4.88 Å². The fourth-order valence-electron chi connectivity index (χ4n) is 2.16. The summed E-state index contributed by atoms with van der Waals surface area (Å²) >= 11 is 1.18. The Morgan fingerprint density at radius 3 is 2.58 bits per heavy atom. The number of amides is 2. The average Bonchev–Trinajstić information content (AvgIpc) is 3.00. The van der Waals surface area contributed by atoms with Gasteiger partial charge in [-0.25, -0.2) is 8.78 Å². The molecule has 24 heavy (non-hydrogen) atoms. The molecule has 0 unspecified atom stereocenters. The molecule has 0 aliphatic heterocycles. The number of halogens is 2. The Labute approximate surface area is 139 Å². The minimum atomic E-state index is -0.993. The largest absolute Gasteiger partial charge is 0.497 e. The summed E-state index contributed by atoms with van der Waals surface area (Å²) in [5.41, 5.74) is -0.522. The smallest absolute Gasteiger partial charge is 0.268 e. The van der Waals surface area contributed by atoms with E-state index in [1.54, 1.807) is 24.3 Å². The van der Waals surface area contributed by atoms with Gasteiger partial charge in [0, 0.05) is 4.70 Å². The van der Waals surface area contributed by atoms with Crippen LogP contribution < -0.4 is 10.1 Å². The minimum Gasteiger partial charge on any atom is -0.497 e. The summed E-state index contributed by atoms with van der Waals surface area (Å²) in [6.07, 6.45) is 0. The molecule has 2 amide bonds. The Balaban J connectivity index is 1.84. The van der Waals surface area contributed by atoms with Crippen LogP contribution in [0.4, 0.5) is 8.78 Å². The molecule has 0 radical (unpaired) electrons. The molecular weight excluding hydrogens is 336 g/mol. The van der Waals surface area contributed by atoms with E-state index in [1.165, 1.54) is 18.4 Å². The third-order valence-electron chi connectivity index (χ3n) is 3.35. The van der Waals surface area contributed by atoms with Crippen molar-refractivity contribution >= 4 is 33.2 Å². The van der Waals surface area contributed by atoms with Crippen molar-refractivity contribution < 1.29 is 23.1 Å². The summed E-state index contributed by atoms with van der Waals surface area (Å²) in [5, 5.41) is 2.85. The van der Waals surface area contributed by atoms with Crippen LogP contribution in [0.5, 0.6) is 5.75 Å². The number of hydrogen-bond acceptors (Lipinski definition) is 4. The highest BCUT2D eigenvalue weighted by Crippen LogP contribution is 2.29. The molecule has 122 valence electrons. The number of rotatable bonds is 3. The van der Waals surface area contributed by atoms with Gasteiger partial charge in [-0.1, -0.05) is 0 Å². The number of carbonyl (C=O) groups excluding carboxylic acids is 2. The van der Waals surface area contributed by atoms with E-state index in [0.29, 0.717) is 5.75 Å². The molecule has 1 N–H and O–H groups in total. The molecule has 1 heterocycles. The van der Waals surface area contributed by atoms with E-state index in [1.807, 2.05) is 0 Å². The third-order valence-corrected chi connectivity index (χ3v) is 4.46. The number of fused-ring (bicyclic) bond motifs is 1. The maximum atomic E-state index is 13.6.